The Labute approximate surface area is 121 Å². The maximum atomic E-state index is 11.0. The molecule has 1 aromatic carbocycles. The minimum atomic E-state index is -0.366. The van der Waals surface area contributed by atoms with E-state index < -0.39 is 0 Å². The highest BCUT2D eigenvalue weighted by molar-refractivity contribution is 9.10. The third-order valence-electron chi connectivity index (χ3n) is 2.65. The summed E-state index contributed by atoms with van der Waals surface area (Å²) >= 11 is 3.24. The zero-order valence-electron chi connectivity index (χ0n) is 11.4. The Hall–Kier alpha value is -0.980. The molecular formula is C13H19BrN2O3. The molecule has 5 nitrogen and oxygen atoms in total. The molecule has 0 aliphatic carbocycles. The quantitative estimate of drug-likeness (QED) is 0.615. The van der Waals surface area contributed by atoms with E-state index in [-0.39, 0.29) is 16.2 Å². The van der Waals surface area contributed by atoms with Crippen LogP contribution in [0.25, 0.3) is 0 Å². The van der Waals surface area contributed by atoms with E-state index in [9.17, 15) is 10.1 Å². The van der Waals surface area contributed by atoms with Gasteiger partial charge < -0.3 is 10.1 Å². The van der Waals surface area contributed by atoms with Crippen LogP contribution < -0.4 is 5.32 Å². The van der Waals surface area contributed by atoms with Gasteiger partial charge in [-0.15, -0.1) is 0 Å². The number of halogens is 1. The van der Waals surface area contributed by atoms with Gasteiger partial charge in [0.2, 0.25) is 0 Å². The van der Waals surface area contributed by atoms with Crippen LogP contribution in [0.3, 0.4) is 0 Å². The van der Waals surface area contributed by atoms with E-state index in [1.807, 2.05) is 20.8 Å². The second kappa shape index (κ2) is 6.98. The molecule has 0 fully saturated rings. The number of hydrogen-bond acceptors (Lipinski definition) is 4. The summed E-state index contributed by atoms with van der Waals surface area (Å²) in [7, 11) is 0. The number of benzene rings is 1. The highest BCUT2D eigenvalue weighted by Crippen LogP contribution is 2.23. The van der Waals surface area contributed by atoms with Gasteiger partial charge in [-0.3, -0.25) is 10.1 Å². The van der Waals surface area contributed by atoms with Crippen molar-refractivity contribution in [2.45, 2.75) is 32.9 Å². The lowest BCUT2D eigenvalue weighted by atomic mass is 10.1. The molecule has 6 heteroatoms. The molecule has 0 saturated heterocycles. The maximum absolute atomic E-state index is 11.0. The third kappa shape index (κ3) is 5.26. The van der Waals surface area contributed by atoms with E-state index in [1.54, 1.807) is 12.1 Å². The van der Waals surface area contributed by atoms with Crippen molar-refractivity contribution in [3.8, 4) is 0 Å². The number of rotatable bonds is 7. The fourth-order valence-corrected chi connectivity index (χ4v) is 2.15. The highest BCUT2D eigenvalue weighted by Gasteiger charge is 2.18. The molecule has 1 rings (SSSR count). The second-order valence-corrected chi connectivity index (χ2v) is 5.74. The van der Waals surface area contributed by atoms with Crippen molar-refractivity contribution < 1.29 is 9.66 Å². The predicted octanol–water partition coefficient (Wildman–Crippen LogP) is 3.26. The molecule has 1 N–H and O–H groups in total. The monoisotopic (exact) mass is 330 g/mol. The number of nitrogens with zero attached hydrogens (tertiary/aromatic N) is 1. The molecule has 1 aromatic rings. The van der Waals surface area contributed by atoms with Gasteiger partial charge in [-0.05, 0) is 32.9 Å². The van der Waals surface area contributed by atoms with E-state index >= 15 is 0 Å². The van der Waals surface area contributed by atoms with Crippen molar-refractivity contribution in [1.82, 2.24) is 5.32 Å². The summed E-state index contributed by atoms with van der Waals surface area (Å²) in [6.07, 6.45) is 0. The van der Waals surface area contributed by atoms with Gasteiger partial charge in [0.25, 0.3) is 5.69 Å². The third-order valence-corrected chi connectivity index (χ3v) is 3.14. The second-order valence-electron chi connectivity index (χ2n) is 4.83. The Balaban J connectivity index is 2.66. The fourth-order valence-electron chi connectivity index (χ4n) is 1.80. The molecule has 0 aliphatic rings. The van der Waals surface area contributed by atoms with Gasteiger partial charge in [0.05, 0.1) is 10.5 Å². The van der Waals surface area contributed by atoms with E-state index in [2.05, 4.69) is 21.2 Å². The summed E-state index contributed by atoms with van der Waals surface area (Å²) in [6, 6.07) is 5.07. The van der Waals surface area contributed by atoms with Crippen molar-refractivity contribution >= 4 is 21.6 Å². The van der Waals surface area contributed by atoms with Crippen LogP contribution in [0.4, 0.5) is 5.69 Å². The van der Waals surface area contributed by atoms with Gasteiger partial charge in [-0.2, -0.15) is 0 Å². The van der Waals surface area contributed by atoms with Crippen molar-refractivity contribution in [2.24, 2.45) is 0 Å². The molecular weight excluding hydrogens is 312 g/mol. The average molecular weight is 331 g/mol. The van der Waals surface area contributed by atoms with Crippen LogP contribution in [-0.2, 0) is 11.3 Å². The van der Waals surface area contributed by atoms with Gasteiger partial charge >= 0.3 is 0 Å². The smallest absolute Gasteiger partial charge is 0.275 e. The first-order valence-electron chi connectivity index (χ1n) is 6.13. The summed E-state index contributed by atoms with van der Waals surface area (Å²) < 4.78 is 6.27. The first kappa shape index (κ1) is 16.1. The Morgan fingerprint density at radius 1 is 1.47 bits per heavy atom. The Bertz CT molecular complexity index is 450. The van der Waals surface area contributed by atoms with Gasteiger partial charge in [-0.1, -0.05) is 15.9 Å². The molecule has 0 unspecified atom stereocenters. The van der Waals surface area contributed by atoms with Crippen LogP contribution in [0.5, 0.6) is 0 Å². The lowest BCUT2D eigenvalue weighted by molar-refractivity contribution is -0.385. The summed E-state index contributed by atoms with van der Waals surface area (Å²) in [4.78, 5) is 10.6. The summed E-state index contributed by atoms with van der Waals surface area (Å²) in [5.41, 5.74) is 0.510. The van der Waals surface area contributed by atoms with Gasteiger partial charge in [0.15, 0.2) is 0 Å². The summed E-state index contributed by atoms with van der Waals surface area (Å²) in [5, 5.41) is 14.2. The number of nitrogens with one attached hydrogen (secondary N) is 1. The molecule has 0 bridgehead atoms. The molecule has 0 radical (unpaired) electrons. The van der Waals surface area contributed by atoms with Gasteiger partial charge in [-0.25, -0.2) is 0 Å². The Morgan fingerprint density at radius 2 is 2.16 bits per heavy atom. The minimum absolute atomic E-state index is 0.121. The van der Waals surface area contributed by atoms with Crippen molar-refractivity contribution in [3.05, 3.63) is 38.3 Å². The Kier molecular flexibility index (Phi) is 5.90. The molecule has 0 saturated carbocycles. The van der Waals surface area contributed by atoms with Crippen LogP contribution in [0.15, 0.2) is 22.7 Å². The first-order chi connectivity index (χ1) is 8.85. The number of nitro benzene ring substituents is 1. The molecule has 0 aliphatic heterocycles. The fraction of sp³-hybridized carbons (Fsp3) is 0.538. The molecule has 106 valence electrons. The largest absolute Gasteiger partial charge is 0.375 e. The van der Waals surface area contributed by atoms with Crippen LogP contribution in [-0.4, -0.2) is 23.7 Å². The Morgan fingerprint density at radius 3 is 2.74 bits per heavy atom. The van der Waals surface area contributed by atoms with E-state index in [0.29, 0.717) is 29.7 Å². The summed E-state index contributed by atoms with van der Waals surface area (Å²) in [6.45, 7) is 7.64. The first-order valence-corrected chi connectivity index (χ1v) is 6.92. The number of ether oxygens (including phenoxy) is 1. The van der Waals surface area contributed by atoms with Crippen LogP contribution in [0.2, 0.25) is 0 Å². The zero-order chi connectivity index (χ0) is 14.5. The lowest BCUT2D eigenvalue weighted by Crippen LogP contribution is -2.37. The van der Waals surface area contributed by atoms with E-state index in [4.69, 9.17) is 4.74 Å². The standard InChI is InChI=1S/C13H19BrN2O3/c1-4-19-13(2,3)9-15-8-10-5-6-11(14)7-12(10)16(17)18/h5-7,15H,4,8-9H2,1-3H3. The molecule has 0 amide bonds. The van der Waals surface area contributed by atoms with E-state index in [1.165, 1.54) is 6.07 Å². The number of nitro groups is 1. The molecule has 19 heavy (non-hydrogen) atoms. The normalized spacial score (nSPS) is 11.6. The van der Waals surface area contributed by atoms with Crippen molar-refractivity contribution in [3.63, 3.8) is 0 Å². The zero-order valence-corrected chi connectivity index (χ0v) is 13.0. The average Bonchev–Trinajstić information content (AvgIpc) is 2.30. The number of hydrogen-bond donors (Lipinski definition) is 1. The van der Waals surface area contributed by atoms with Crippen molar-refractivity contribution in [1.29, 1.82) is 0 Å². The molecule has 0 atom stereocenters. The van der Waals surface area contributed by atoms with Crippen LogP contribution in [0, 0.1) is 10.1 Å². The topological polar surface area (TPSA) is 64.4 Å². The highest BCUT2D eigenvalue weighted by atomic mass is 79.9. The minimum Gasteiger partial charge on any atom is -0.375 e. The van der Waals surface area contributed by atoms with Gasteiger partial charge in [0.1, 0.15) is 0 Å². The van der Waals surface area contributed by atoms with Crippen molar-refractivity contribution in [2.75, 3.05) is 13.2 Å². The molecule has 0 spiro atoms. The summed E-state index contributed by atoms with van der Waals surface area (Å²) in [5.74, 6) is 0. The molecule has 0 aromatic heterocycles. The van der Waals surface area contributed by atoms with Crippen LogP contribution >= 0.6 is 15.9 Å². The van der Waals surface area contributed by atoms with Crippen LogP contribution in [0.1, 0.15) is 26.3 Å². The lowest BCUT2D eigenvalue weighted by Gasteiger charge is -2.25. The maximum Gasteiger partial charge on any atom is 0.275 e. The van der Waals surface area contributed by atoms with Gasteiger partial charge in [0, 0.05) is 35.8 Å². The predicted molar refractivity (Wildman–Crippen MR) is 78.2 cm³/mol. The SMILES string of the molecule is CCOC(C)(C)CNCc1ccc(Br)cc1[N+](=O)[O-]. The van der Waals surface area contributed by atoms with E-state index in [0.717, 1.165) is 0 Å². The molecule has 0 heterocycles.